The van der Waals surface area contributed by atoms with E-state index < -0.39 is 0 Å². The molecular formula is C13H21N3. The third-order valence-electron chi connectivity index (χ3n) is 3.42. The molecule has 1 saturated heterocycles. The molecule has 0 aromatic carbocycles. The summed E-state index contributed by atoms with van der Waals surface area (Å²) in [6.07, 6.45) is 5.09. The molecule has 0 saturated carbocycles. The topological polar surface area (TPSA) is 28.2 Å². The highest BCUT2D eigenvalue weighted by Gasteiger charge is 2.20. The summed E-state index contributed by atoms with van der Waals surface area (Å²) in [5.41, 5.74) is 2.46. The molecular weight excluding hydrogens is 198 g/mol. The Morgan fingerprint density at radius 2 is 2.44 bits per heavy atom. The van der Waals surface area contributed by atoms with Crippen molar-refractivity contribution in [3.05, 3.63) is 24.0 Å². The Bertz CT molecular complexity index is 338. The molecule has 0 amide bonds. The molecule has 1 aliphatic heterocycles. The number of hydrogen-bond acceptors (Lipinski definition) is 3. The van der Waals surface area contributed by atoms with Crippen LogP contribution >= 0.6 is 0 Å². The third kappa shape index (κ3) is 2.73. The summed E-state index contributed by atoms with van der Waals surface area (Å²) in [5.74, 6) is 0.799. The molecule has 3 heteroatoms. The second-order valence-electron chi connectivity index (χ2n) is 4.62. The van der Waals surface area contributed by atoms with Gasteiger partial charge < -0.3 is 10.2 Å². The van der Waals surface area contributed by atoms with Gasteiger partial charge in [-0.05, 0) is 44.0 Å². The van der Waals surface area contributed by atoms with Gasteiger partial charge in [0.25, 0.3) is 0 Å². The van der Waals surface area contributed by atoms with Crippen molar-refractivity contribution in [1.29, 1.82) is 0 Å². The van der Waals surface area contributed by atoms with Crippen molar-refractivity contribution in [2.45, 2.75) is 20.3 Å². The first-order valence-electron chi connectivity index (χ1n) is 6.16. The molecule has 0 radical (unpaired) electrons. The predicted molar refractivity (Wildman–Crippen MR) is 67.7 cm³/mol. The minimum atomic E-state index is 0.799. The normalized spacial score (nSPS) is 21.2. The first kappa shape index (κ1) is 11.4. The molecule has 1 aromatic heterocycles. The summed E-state index contributed by atoms with van der Waals surface area (Å²) in [6.45, 7) is 9.11. The molecule has 1 N–H and O–H groups in total. The number of likely N-dealkylation sites (tertiary alicyclic amines) is 1. The van der Waals surface area contributed by atoms with Crippen LogP contribution in [0.2, 0.25) is 0 Å². The van der Waals surface area contributed by atoms with Crippen molar-refractivity contribution in [3.8, 4) is 0 Å². The molecule has 3 nitrogen and oxygen atoms in total. The van der Waals surface area contributed by atoms with Gasteiger partial charge in [0.15, 0.2) is 0 Å². The van der Waals surface area contributed by atoms with Crippen molar-refractivity contribution >= 4 is 5.69 Å². The average molecular weight is 219 g/mol. The lowest BCUT2D eigenvalue weighted by molar-refractivity contribution is 0.345. The zero-order valence-electron chi connectivity index (χ0n) is 10.2. The van der Waals surface area contributed by atoms with Crippen LogP contribution in [-0.4, -0.2) is 36.1 Å². The molecule has 1 fully saturated rings. The van der Waals surface area contributed by atoms with Crippen LogP contribution < -0.4 is 5.32 Å². The van der Waals surface area contributed by atoms with Gasteiger partial charge in [-0.15, -0.1) is 0 Å². The zero-order chi connectivity index (χ0) is 11.4. The van der Waals surface area contributed by atoms with Crippen LogP contribution in [0.1, 0.15) is 18.9 Å². The molecule has 0 bridgehead atoms. The molecule has 0 spiro atoms. The van der Waals surface area contributed by atoms with Crippen LogP contribution in [0.5, 0.6) is 0 Å². The number of rotatable bonds is 4. The van der Waals surface area contributed by atoms with Crippen LogP contribution in [0.15, 0.2) is 18.5 Å². The Morgan fingerprint density at radius 3 is 3.12 bits per heavy atom. The van der Waals surface area contributed by atoms with E-state index in [4.69, 9.17) is 0 Å². The third-order valence-corrected chi connectivity index (χ3v) is 3.42. The number of aryl methyl sites for hydroxylation is 1. The van der Waals surface area contributed by atoms with Gasteiger partial charge in [-0.1, -0.05) is 6.92 Å². The fourth-order valence-electron chi connectivity index (χ4n) is 2.29. The predicted octanol–water partition coefficient (Wildman–Crippen LogP) is 2.14. The van der Waals surface area contributed by atoms with Gasteiger partial charge in [0.1, 0.15) is 0 Å². The van der Waals surface area contributed by atoms with E-state index in [1.54, 1.807) is 0 Å². The standard InChI is InChI=1S/C13H21N3/c1-3-16-7-5-12(10-16)9-15-13-4-6-14-8-11(13)2/h4,6,8,12H,3,5,7,9-10H2,1-2H3,(H,14,15). The van der Waals surface area contributed by atoms with E-state index in [0.717, 1.165) is 12.5 Å². The molecule has 1 atom stereocenters. The van der Waals surface area contributed by atoms with E-state index in [-0.39, 0.29) is 0 Å². The van der Waals surface area contributed by atoms with Gasteiger partial charge in [-0.3, -0.25) is 4.98 Å². The summed E-state index contributed by atoms with van der Waals surface area (Å²) in [4.78, 5) is 6.62. The number of aromatic nitrogens is 1. The van der Waals surface area contributed by atoms with E-state index in [1.165, 1.54) is 37.3 Å². The lowest BCUT2D eigenvalue weighted by atomic mass is 10.1. The largest absolute Gasteiger partial charge is 0.384 e. The van der Waals surface area contributed by atoms with Gasteiger partial charge in [0, 0.05) is 31.2 Å². The molecule has 1 aliphatic rings. The minimum Gasteiger partial charge on any atom is -0.384 e. The molecule has 16 heavy (non-hydrogen) atoms. The van der Waals surface area contributed by atoms with E-state index in [2.05, 4.69) is 35.1 Å². The highest BCUT2D eigenvalue weighted by atomic mass is 15.1. The summed E-state index contributed by atoms with van der Waals surface area (Å²) < 4.78 is 0. The number of anilines is 1. The molecule has 2 heterocycles. The molecule has 0 aliphatic carbocycles. The highest BCUT2D eigenvalue weighted by Crippen LogP contribution is 2.18. The highest BCUT2D eigenvalue weighted by molar-refractivity contribution is 5.48. The minimum absolute atomic E-state index is 0.799. The fourth-order valence-corrected chi connectivity index (χ4v) is 2.29. The van der Waals surface area contributed by atoms with Crippen LogP contribution in [-0.2, 0) is 0 Å². The fraction of sp³-hybridized carbons (Fsp3) is 0.615. The Morgan fingerprint density at radius 1 is 1.56 bits per heavy atom. The van der Waals surface area contributed by atoms with Gasteiger partial charge in [0.2, 0.25) is 0 Å². The molecule has 2 rings (SSSR count). The quantitative estimate of drug-likeness (QED) is 0.841. The summed E-state index contributed by atoms with van der Waals surface area (Å²) in [5, 5.41) is 3.53. The van der Waals surface area contributed by atoms with Gasteiger partial charge in [0.05, 0.1) is 0 Å². The lowest BCUT2D eigenvalue weighted by Gasteiger charge is -2.15. The Balaban J connectivity index is 1.82. The van der Waals surface area contributed by atoms with Crippen molar-refractivity contribution in [2.75, 3.05) is 31.5 Å². The van der Waals surface area contributed by atoms with E-state index >= 15 is 0 Å². The van der Waals surface area contributed by atoms with Crippen LogP contribution in [0.3, 0.4) is 0 Å². The molecule has 1 aromatic rings. The van der Waals surface area contributed by atoms with Crippen molar-refractivity contribution < 1.29 is 0 Å². The second kappa shape index (κ2) is 5.30. The second-order valence-corrected chi connectivity index (χ2v) is 4.62. The van der Waals surface area contributed by atoms with Crippen LogP contribution in [0.25, 0.3) is 0 Å². The van der Waals surface area contributed by atoms with E-state index in [0.29, 0.717) is 0 Å². The first-order chi connectivity index (χ1) is 7.79. The monoisotopic (exact) mass is 219 g/mol. The van der Waals surface area contributed by atoms with E-state index in [1.807, 2.05) is 12.4 Å². The number of hydrogen-bond donors (Lipinski definition) is 1. The van der Waals surface area contributed by atoms with Crippen LogP contribution in [0, 0.1) is 12.8 Å². The lowest BCUT2D eigenvalue weighted by Crippen LogP contribution is -2.22. The summed E-state index contributed by atoms with van der Waals surface area (Å²) >= 11 is 0. The maximum atomic E-state index is 4.10. The first-order valence-corrected chi connectivity index (χ1v) is 6.16. The molecule has 88 valence electrons. The number of nitrogens with one attached hydrogen (secondary N) is 1. The maximum absolute atomic E-state index is 4.10. The Hall–Kier alpha value is -1.09. The van der Waals surface area contributed by atoms with Crippen molar-refractivity contribution in [1.82, 2.24) is 9.88 Å². The summed E-state index contributed by atoms with van der Waals surface area (Å²) in [6, 6.07) is 2.06. The van der Waals surface area contributed by atoms with Gasteiger partial charge in [-0.2, -0.15) is 0 Å². The van der Waals surface area contributed by atoms with Gasteiger partial charge >= 0.3 is 0 Å². The van der Waals surface area contributed by atoms with E-state index in [9.17, 15) is 0 Å². The SMILES string of the molecule is CCN1CCC(CNc2ccncc2C)C1. The summed E-state index contributed by atoms with van der Waals surface area (Å²) in [7, 11) is 0. The maximum Gasteiger partial charge on any atom is 0.0400 e. The average Bonchev–Trinajstić information content (AvgIpc) is 2.76. The van der Waals surface area contributed by atoms with Crippen LogP contribution in [0.4, 0.5) is 5.69 Å². The number of nitrogens with zero attached hydrogens (tertiary/aromatic N) is 2. The smallest absolute Gasteiger partial charge is 0.0400 e. The van der Waals surface area contributed by atoms with Crippen molar-refractivity contribution in [3.63, 3.8) is 0 Å². The van der Waals surface area contributed by atoms with Crippen molar-refractivity contribution in [2.24, 2.45) is 5.92 Å². The number of pyridine rings is 1. The zero-order valence-corrected chi connectivity index (χ0v) is 10.2. The Labute approximate surface area is 97.9 Å². The van der Waals surface area contributed by atoms with Gasteiger partial charge in [-0.25, -0.2) is 0 Å². The Kier molecular flexibility index (Phi) is 3.78. The molecule has 1 unspecified atom stereocenters.